The lowest BCUT2D eigenvalue weighted by molar-refractivity contribution is 0.0830. The van der Waals surface area contributed by atoms with Gasteiger partial charge in [0.25, 0.3) is 0 Å². The van der Waals surface area contributed by atoms with Gasteiger partial charge in [0.1, 0.15) is 0 Å². The van der Waals surface area contributed by atoms with Gasteiger partial charge in [-0.3, -0.25) is 0 Å². The minimum absolute atomic E-state index is 0.0527. The molecule has 0 atom stereocenters. The molecule has 0 unspecified atom stereocenters. The van der Waals surface area contributed by atoms with Crippen LogP contribution in [0.25, 0.3) is 0 Å². The SMILES string of the molecule is O=C(Nc1ccccc1)N1CCC(c2nc(C3CCOCC3)no2)CC1. The molecular formula is C19H24N4O3. The monoisotopic (exact) mass is 356 g/mol. The molecule has 1 N–H and O–H groups in total. The Balaban J connectivity index is 1.31. The number of piperidine rings is 1. The minimum Gasteiger partial charge on any atom is -0.381 e. The number of nitrogens with zero attached hydrogens (tertiary/aromatic N) is 3. The first-order valence-corrected chi connectivity index (χ1v) is 9.32. The normalized spacial score (nSPS) is 19.5. The lowest BCUT2D eigenvalue weighted by atomic mass is 9.96. The number of aromatic nitrogens is 2. The van der Waals surface area contributed by atoms with Gasteiger partial charge in [-0.2, -0.15) is 4.98 Å². The highest BCUT2D eigenvalue weighted by atomic mass is 16.5. The Hall–Kier alpha value is -2.41. The molecule has 138 valence electrons. The van der Waals surface area contributed by atoms with Crippen LogP contribution in [0.5, 0.6) is 0 Å². The Bertz CT molecular complexity index is 719. The fraction of sp³-hybridized carbons (Fsp3) is 0.526. The van der Waals surface area contributed by atoms with Gasteiger partial charge in [0.05, 0.1) is 0 Å². The van der Waals surface area contributed by atoms with E-state index in [2.05, 4.69) is 15.5 Å². The maximum atomic E-state index is 12.4. The molecule has 1 aromatic heterocycles. The van der Waals surface area contributed by atoms with E-state index in [9.17, 15) is 4.79 Å². The Morgan fingerprint density at radius 1 is 1.04 bits per heavy atom. The molecule has 2 aromatic rings. The summed E-state index contributed by atoms with van der Waals surface area (Å²) in [6.45, 7) is 2.92. The number of nitrogens with one attached hydrogen (secondary N) is 1. The number of rotatable bonds is 3. The van der Waals surface area contributed by atoms with Crippen molar-refractivity contribution in [2.75, 3.05) is 31.6 Å². The van der Waals surface area contributed by atoms with Gasteiger partial charge in [-0.15, -0.1) is 0 Å². The summed E-state index contributed by atoms with van der Waals surface area (Å²) < 4.78 is 10.9. The molecule has 7 nitrogen and oxygen atoms in total. The molecule has 2 aliphatic heterocycles. The molecule has 1 aromatic carbocycles. The molecule has 2 saturated heterocycles. The number of carbonyl (C=O) groups excluding carboxylic acids is 1. The second kappa shape index (κ2) is 7.86. The van der Waals surface area contributed by atoms with Gasteiger partial charge in [-0.05, 0) is 37.8 Å². The summed E-state index contributed by atoms with van der Waals surface area (Å²) >= 11 is 0. The number of amides is 2. The van der Waals surface area contributed by atoms with Crippen LogP contribution in [0, 0.1) is 0 Å². The Kier molecular flexibility index (Phi) is 5.15. The lowest BCUT2D eigenvalue weighted by Gasteiger charge is -2.30. The Labute approximate surface area is 152 Å². The summed E-state index contributed by atoms with van der Waals surface area (Å²) in [7, 11) is 0. The van der Waals surface area contributed by atoms with Crippen LogP contribution in [-0.2, 0) is 4.74 Å². The largest absolute Gasteiger partial charge is 0.381 e. The van der Waals surface area contributed by atoms with Crippen molar-refractivity contribution in [3.05, 3.63) is 42.0 Å². The van der Waals surface area contributed by atoms with Crippen molar-refractivity contribution in [2.45, 2.75) is 37.5 Å². The predicted octanol–water partition coefficient (Wildman–Crippen LogP) is 3.38. The van der Waals surface area contributed by atoms with E-state index in [0.717, 1.165) is 56.3 Å². The van der Waals surface area contributed by atoms with Crippen LogP contribution in [0.3, 0.4) is 0 Å². The van der Waals surface area contributed by atoms with Crippen LogP contribution < -0.4 is 5.32 Å². The van der Waals surface area contributed by atoms with Crippen molar-refractivity contribution < 1.29 is 14.1 Å². The molecule has 0 aliphatic carbocycles. The first kappa shape index (κ1) is 17.0. The van der Waals surface area contributed by atoms with Gasteiger partial charge in [0.2, 0.25) is 5.89 Å². The van der Waals surface area contributed by atoms with Crippen LogP contribution in [0.4, 0.5) is 10.5 Å². The molecule has 3 heterocycles. The smallest absolute Gasteiger partial charge is 0.321 e. The zero-order valence-corrected chi connectivity index (χ0v) is 14.8. The highest BCUT2D eigenvalue weighted by molar-refractivity contribution is 5.89. The molecule has 26 heavy (non-hydrogen) atoms. The first-order valence-electron chi connectivity index (χ1n) is 9.32. The van der Waals surface area contributed by atoms with Gasteiger partial charge in [-0.25, -0.2) is 4.79 Å². The fourth-order valence-corrected chi connectivity index (χ4v) is 3.59. The number of carbonyl (C=O) groups is 1. The number of ether oxygens (including phenoxy) is 1. The van der Waals surface area contributed by atoms with Gasteiger partial charge in [-0.1, -0.05) is 23.4 Å². The van der Waals surface area contributed by atoms with Crippen molar-refractivity contribution in [1.82, 2.24) is 15.0 Å². The number of hydrogen-bond donors (Lipinski definition) is 1. The zero-order valence-electron chi connectivity index (χ0n) is 14.8. The molecule has 4 rings (SSSR count). The highest BCUT2D eigenvalue weighted by Crippen LogP contribution is 2.30. The topological polar surface area (TPSA) is 80.5 Å². The molecular weight excluding hydrogens is 332 g/mol. The molecule has 0 saturated carbocycles. The highest BCUT2D eigenvalue weighted by Gasteiger charge is 2.29. The van der Waals surface area contributed by atoms with Crippen LogP contribution in [0.1, 0.15) is 49.2 Å². The average Bonchev–Trinajstić information content (AvgIpc) is 3.20. The molecule has 2 fully saturated rings. The average molecular weight is 356 g/mol. The van der Waals surface area contributed by atoms with E-state index in [1.165, 1.54) is 0 Å². The molecule has 0 spiro atoms. The van der Waals surface area contributed by atoms with Crippen LogP contribution in [0.15, 0.2) is 34.9 Å². The van der Waals surface area contributed by atoms with E-state index in [0.29, 0.717) is 19.0 Å². The number of para-hydroxylation sites is 1. The summed E-state index contributed by atoms with van der Waals surface area (Å²) in [5.74, 6) is 2.11. The summed E-state index contributed by atoms with van der Waals surface area (Å²) in [4.78, 5) is 18.9. The Morgan fingerprint density at radius 2 is 1.77 bits per heavy atom. The zero-order chi connectivity index (χ0) is 17.8. The van der Waals surface area contributed by atoms with E-state index in [1.807, 2.05) is 35.2 Å². The maximum Gasteiger partial charge on any atom is 0.321 e. The fourth-order valence-electron chi connectivity index (χ4n) is 3.59. The van der Waals surface area contributed by atoms with Crippen LogP contribution in [-0.4, -0.2) is 47.4 Å². The van der Waals surface area contributed by atoms with E-state index in [1.54, 1.807) is 0 Å². The third-order valence-corrected chi connectivity index (χ3v) is 5.20. The standard InChI is InChI=1S/C19H24N4O3/c24-19(20-16-4-2-1-3-5-16)23-10-6-15(7-11-23)18-21-17(22-26-18)14-8-12-25-13-9-14/h1-5,14-15H,6-13H2,(H,20,24). The summed E-state index contributed by atoms with van der Waals surface area (Å²) in [5, 5.41) is 7.13. The lowest BCUT2D eigenvalue weighted by Crippen LogP contribution is -2.40. The summed E-state index contributed by atoms with van der Waals surface area (Å²) in [6, 6.07) is 9.48. The van der Waals surface area contributed by atoms with Crippen molar-refractivity contribution >= 4 is 11.7 Å². The van der Waals surface area contributed by atoms with Crippen molar-refractivity contribution in [2.24, 2.45) is 0 Å². The number of benzene rings is 1. The second-order valence-corrected chi connectivity index (χ2v) is 6.93. The van der Waals surface area contributed by atoms with Gasteiger partial charge < -0.3 is 19.5 Å². The van der Waals surface area contributed by atoms with Crippen LogP contribution >= 0.6 is 0 Å². The van der Waals surface area contributed by atoms with Gasteiger partial charge >= 0.3 is 6.03 Å². The molecule has 0 bridgehead atoms. The quantitative estimate of drug-likeness (QED) is 0.912. The number of likely N-dealkylation sites (tertiary alicyclic amines) is 1. The third-order valence-electron chi connectivity index (χ3n) is 5.20. The van der Waals surface area contributed by atoms with E-state index < -0.39 is 0 Å². The first-order chi connectivity index (χ1) is 12.8. The van der Waals surface area contributed by atoms with Crippen LogP contribution in [0.2, 0.25) is 0 Å². The van der Waals surface area contributed by atoms with Gasteiger partial charge in [0, 0.05) is 43.8 Å². The van der Waals surface area contributed by atoms with E-state index in [-0.39, 0.29) is 11.9 Å². The Morgan fingerprint density at radius 3 is 2.50 bits per heavy atom. The molecule has 2 aliphatic rings. The molecule has 2 amide bonds. The van der Waals surface area contributed by atoms with E-state index >= 15 is 0 Å². The minimum atomic E-state index is -0.0527. The predicted molar refractivity (Wildman–Crippen MR) is 96.1 cm³/mol. The second-order valence-electron chi connectivity index (χ2n) is 6.93. The molecule has 7 heteroatoms. The number of urea groups is 1. The summed E-state index contributed by atoms with van der Waals surface area (Å²) in [6.07, 6.45) is 3.60. The third kappa shape index (κ3) is 3.88. The maximum absolute atomic E-state index is 12.4. The van der Waals surface area contributed by atoms with E-state index in [4.69, 9.17) is 9.26 Å². The number of anilines is 1. The van der Waals surface area contributed by atoms with Crippen molar-refractivity contribution in [3.8, 4) is 0 Å². The molecule has 0 radical (unpaired) electrons. The van der Waals surface area contributed by atoms with Gasteiger partial charge in [0.15, 0.2) is 5.82 Å². The van der Waals surface area contributed by atoms with Crippen molar-refractivity contribution in [1.29, 1.82) is 0 Å². The van der Waals surface area contributed by atoms with Crippen molar-refractivity contribution in [3.63, 3.8) is 0 Å². The number of hydrogen-bond acceptors (Lipinski definition) is 5. The summed E-state index contributed by atoms with van der Waals surface area (Å²) in [5.41, 5.74) is 0.817.